The van der Waals surface area contributed by atoms with Gasteiger partial charge < -0.3 is 15.4 Å². The number of halogens is 1. The van der Waals surface area contributed by atoms with Crippen LogP contribution in [0.15, 0.2) is 12.1 Å². The Hall–Kier alpha value is -1.13. The van der Waals surface area contributed by atoms with Crippen LogP contribution in [0.5, 0.6) is 0 Å². The average Bonchev–Trinajstić information content (AvgIpc) is 2.30. The predicted molar refractivity (Wildman–Crippen MR) is 76.0 cm³/mol. The molecule has 1 heterocycles. The van der Waals surface area contributed by atoms with Crippen molar-refractivity contribution in [1.82, 2.24) is 0 Å². The topological polar surface area (TPSA) is 38.5 Å². The lowest BCUT2D eigenvalue weighted by molar-refractivity contribution is -0.0277. The van der Waals surface area contributed by atoms with Gasteiger partial charge in [-0.1, -0.05) is 0 Å². The first-order chi connectivity index (χ1) is 8.80. The standard InChI is InChI=1S/C15H23FN2O/c1-10-7-14(12(11(2)17)8-13(10)16)18-5-6-19-15(3,4)9-18/h7-8,11H,5-6,9,17H2,1-4H3. The molecule has 2 N–H and O–H groups in total. The summed E-state index contributed by atoms with van der Waals surface area (Å²) in [7, 11) is 0. The van der Waals surface area contributed by atoms with Crippen molar-refractivity contribution < 1.29 is 9.13 Å². The van der Waals surface area contributed by atoms with E-state index in [0.29, 0.717) is 12.2 Å². The minimum atomic E-state index is -0.191. The Morgan fingerprint density at radius 2 is 2.11 bits per heavy atom. The summed E-state index contributed by atoms with van der Waals surface area (Å²) in [5, 5.41) is 0. The zero-order chi connectivity index (χ0) is 14.2. The van der Waals surface area contributed by atoms with Crippen LogP contribution in [0.2, 0.25) is 0 Å². The lowest BCUT2D eigenvalue weighted by Crippen LogP contribution is -2.48. The second-order valence-corrected chi connectivity index (χ2v) is 5.98. The van der Waals surface area contributed by atoms with Gasteiger partial charge in [-0.3, -0.25) is 0 Å². The molecule has 106 valence electrons. The van der Waals surface area contributed by atoms with Crippen LogP contribution in [0.25, 0.3) is 0 Å². The number of nitrogens with zero attached hydrogens (tertiary/aromatic N) is 1. The van der Waals surface area contributed by atoms with Gasteiger partial charge in [-0.25, -0.2) is 4.39 Å². The van der Waals surface area contributed by atoms with Crippen molar-refractivity contribution in [3.05, 3.63) is 29.1 Å². The fourth-order valence-corrected chi connectivity index (χ4v) is 2.54. The van der Waals surface area contributed by atoms with Crippen molar-refractivity contribution in [3.8, 4) is 0 Å². The number of ether oxygens (including phenoxy) is 1. The van der Waals surface area contributed by atoms with Crippen molar-refractivity contribution in [2.45, 2.75) is 39.3 Å². The third-order valence-electron chi connectivity index (χ3n) is 3.56. The highest BCUT2D eigenvalue weighted by Crippen LogP contribution is 2.31. The summed E-state index contributed by atoms with van der Waals surface area (Å²) >= 11 is 0. The number of morpholine rings is 1. The van der Waals surface area contributed by atoms with Gasteiger partial charge in [-0.05, 0) is 51.0 Å². The molecule has 1 aliphatic rings. The van der Waals surface area contributed by atoms with Crippen LogP contribution in [0.1, 0.15) is 37.9 Å². The Kier molecular flexibility index (Phi) is 3.83. The van der Waals surface area contributed by atoms with E-state index >= 15 is 0 Å². The zero-order valence-corrected chi connectivity index (χ0v) is 12.2. The number of nitrogens with two attached hydrogens (primary N) is 1. The van der Waals surface area contributed by atoms with Crippen molar-refractivity contribution in [1.29, 1.82) is 0 Å². The number of anilines is 1. The third kappa shape index (κ3) is 3.07. The second-order valence-electron chi connectivity index (χ2n) is 5.98. The molecule has 1 aromatic carbocycles. The molecule has 0 amide bonds. The minimum absolute atomic E-state index is 0.184. The molecule has 0 spiro atoms. The Morgan fingerprint density at radius 3 is 2.68 bits per heavy atom. The van der Waals surface area contributed by atoms with Gasteiger partial charge in [0.15, 0.2) is 0 Å². The number of hydrogen-bond acceptors (Lipinski definition) is 3. The van der Waals surface area contributed by atoms with E-state index in [1.807, 2.05) is 13.0 Å². The van der Waals surface area contributed by atoms with Gasteiger partial charge in [-0.15, -0.1) is 0 Å². The normalized spacial score (nSPS) is 20.4. The van der Waals surface area contributed by atoms with E-state index in [0.717, 1.165) is 24.3 Å². The van der Waals surface area contributed by atoms with Crippen LogP contribution in [0.3, 0.4) is 0 Å². The highest BCUT2D eigenvalue weighted by molar-refractivity contribution is 5.57. The van der Waals surface area contributed by atoms with E-state index in [2.05, 4.69) is 18.7 Å². The fraction of sp³-hybridized carbons (Fsp3) is 0.600. The molecule has 3 nitrogen and oxygen atoms in total. The maximum atomic E-state index is 13.7. The van der Waals surface area contributed by atoms with Crippen LogP contribution >= 0.6 is 0 Å². The van der Waals surface area contributed by atoms with Crippen LogP contribution in [0, 0.1) is 12.7 Å². The van der Waals surface area contributed by atoms with Crippen LogP contribution in [-0.2, 0) is 4.74 Å². The molecule has 0 aromatic heterocycles. The maximum absolute atomic E-state index is 13.7. The summed E-state index contributed by atoms with van der Waals surface area (Å²) in [6.07, 6.45) is 0. The Morgan fingerprint density at radius 1 is 1.42 bits per heavy atom. The van der Waals surface area contributed by atoms with E-state index < -0.39 is 0 Å². The summed E-state index contributed by atoms with van der Waals surface area (Å²) in [6.45, 7) is 10.1. The summed E-state index contributed by atoms with van der Waals surface area (Å²) in [6, 6.07) is 3.28. The molecule has 2 rings (SSSR count). The fourth-order valence-electron chi connectivity index (χ4n) is 2.54. The minimum Gasteiger partial charge on any atom is -0.372 e. The molecule has 1 atom stereocenters. The molecule has 0 saturated carbocycles. The highest BCUT2D eigenvalue weighted by Gasteiger charge is 2.29. The Balaban J connectivity index is 2.40. The molecule has 1 fully saturated rings. The van der Waals surface area contributed by atoms with E-state index in [1.54, 1.807) is 13.0 Å². The second kappa shape index (κ2) is 5.10. The number of aryl methyl sites for hydroxylation is 1. The summed E-state index contributed by atoms with van der Waals surface area (Å²) in [5.41, 5.74) is 8.35. The summed E-state index contributed by atoms with van der Waals surface area (Å²) in [4.78, 5) is 2.24. The van der Waals surface area contributed by atoms with Crippen molar-refractivity contribution in [2.75, 3.05) is 24.6 Å². The van der Waals surface area contributed by atoms with Gasteiger partial charge in [-0.2, -0.15) is 0 Å². The molecule has 1 unspecified atom stereocenters. The average molecular weight is 266 g/mol. The van der Waals surface area contributed by atoms with Gasteiger partial charge >= 0.3 is 0 Å². The number of benzene rings is 1. The number of rotatable bonds is 2. The zero-order valence-electron chi connectivity index (χ0n) is 12.2. The van der Waals surface area contributed by atoms with Gasteiger partial charge in [0.25, 0.3) is 0 Å². The van der Waals surface area contributed by atoms with E-state index in [9.17, 15) is 4.39 Å². The monoisotopic (exact) mass is 266 g/mol. The maximum Gasteiger partial charge on any atom is 0.126 e. The van der Waals surface area contributed by atoms with Crippen molar-refractivity contribution in [2.24, 2.45) is 5.73 Å². The Bertz CT molecular complexity index is 471. The lowest BCUT2D eigenvalue weighted by Gasteiger charge is -2.40. The summed E-state index contributed by atoms with van der Waals surface area (Å²) in [5.74, 6) is -0.191. The molecule has 0 bridgehead atoms. The van der Waals surface area contributed by atoms with Crippen molar-refractivity contribution in [3.63, 3.8) is 0 Å². The Labute approximate surface area is 114 Å². The quantitative estimate of drug-likeness (QED) is 0.894. The summed E-state index contributed by atoms with van der Waals surface area (Å²) < 4.78 is 19.5. The molecule has 1 saturated heterocycles. The first kappa shape index (κ1) is 14.3. The van der Waals surface area contributed by atoms with Crippen LogP contribution < -0.4 is 10.6 Å². The smallest absolute Gasteiger partial charge is 0.126 e. The SMILES string of the molecule is Cc1cc(N2CCOC(C)(C)C2)c(C(C)N)cc1F. The molecular formula is C15H23FN2O. The molecular weight excluding hydrogens is 243 g/mol. The van der Waals surface area contributed by atoms with E-state index in [1.165, 1.54) is 0 Å². The molecule has 4 heteroatoms. The van der Waals surface area contributed by atoms with Crippen molar-refractivity contribution >= 4 is 5.69 Å². The largest absolute Gasteiger partial charge is 0.372 e. The highest BCUT2D eigenvalue weighted by atomic mass is 19.1. The van der Waals surface area contributed by atoms with Gasteiger partial charge in [0, 0.05) is 24.8 Å². The molecule has 0 radical (unpaired) electrons. The predicted octanol–water partition coefficient (Wildman–Crippen LogP) is 2.77. The molecule has 1 aromatic rings. The van der Waals surface area contributed by atoms with Gasteiger partial charge in [0.05, 0.1) is 12.2 Å². The van der Waals surface area contributed by atoms with Crippen LogP contribution in [0.4, 0.5) is 10.1 Å². The molecule has 1 aliphatic heterocycles. The van der Waals surface area contributed by atoms with Gasteiger partial charge in [0.1, 0.15) is 5.82 Å². The lowest BCUT2D eigenvalue weighted by atomic mass is 10.00. The van der Waals surface area contributed by atoms with Gasteiger partial charge in [0.2, 0.25) is 0 Å². The van der Waals surface area contributed by atoms with E-state index in [-0.39, 0.29) is 17.5 Å². The first-order valence-electron chi connectivity index (χ1n) is 6.75. The first-order valence-corrected chi connectivity index (χ1v) is 6.75. The van der Waals surface area contributed by atoms with E-state index in [4.69, 9.17) is 10.5 Å². The molecule has 19 heavy (non-hydrogen) atoms. The molecule has 0 aliphatic carbocycles. The van der Waals surface area contributed by atoms with Crippen LogP contribution in [-0.4, -0.2) is 25.3 Å². The number of hydrogen-bond donors (Lipinski definition) is 1. The third-order valence-corrected chi connectivity index (χ3v) is 3.56.